The number of benzene rings is 2. The molecule has 4 bridgehead atoms. The average molecular weight is 649 g/mol. The minimum atomic E-state index is 0.141. The fourth-order valence-corrected chi connectivity index (χ4v) is 9.48. The van der Waals surface area contributed by atoms with Gasteiger partial charge in [-0.15, -0.1) is 0 Å². The minimum absolute atomic E-state index is 0.141. The first-order valence-corrected chi connectivity index (χ1v) is 16.6. The van der Waals surface area contributed by atoms with Gasteiger partial charge in [0.2, 0.25) is 0 Å². The van der Waals surface area contributed by atoms with Gasteiger partial charge in [-0.1, -0.05) is 46.4 Å². The van der Waals surface area contributed by atoms with Crippen LogP contribution in [-0.4, -0.2) is 83.9 Å². The quantitative estimate of drug-likeness (QED) is 0.382. The number of halogens is 4. The molecule has 6 atom stereocenters. The zero-order valence-corrected chi connectivity index (χ0v) is 27.2. The summed E-state index contributed by atoms with van der Waals surface area (Å²) in [6.45, 7) is 1.74. The Labute approximate surface area is 268 Å². The summed E-state index contributed by atoms with van der Waals surface area (Å²) in [4.78, 5) is 14.6. The summed E-state index contributed by atoms with van der Waals surface area (Å²) in [5, 5.41) is 10.0. The molecule has 0 amide bonds. The molecule has 6 aliphatic rings. The molecule has 10 heteroatoms. The molecule has 2 N–H and O–H groups in total. The lowest BCUT2D eigenvalue weighted by Gasteiger charge is -2.43. The lowest BCUT2D eigenvalue weighted by Crippen LogP contribution is -2.57. The van der Waals surface area contributed by atoms with Crippen molar-refractivity contribution < 1.29 is 0 Å². The van der Waals surface area contributed by atoms with E-state index in [4.69, 9.17) is 56.4 Å². The highest BCUT2D eigenvalue weighted by Gasteiger charge is 2.50. The molecule has 2 unspecified atom stereocenters. The molecule has 6 aliphatic heterocycles. The van der Waals surface area contributed by atoms with Crippen molar-refractivity contribution in [3.8, 4) is 0 Å². The molecule has 0 saturated carbocycles. The van der Waals surface area contributed by atoms with Crippen LogP contribution in [-0.2, 0) is 0 Å². The van der Waals surface area contributed by atoms with E-state index in [-0.39, 0.29) is 11.1 Å². The highest BCUT2D eigenvalue weighted by atomic mass is 35.5. The zero-order valence-electron chi connectivity index (χ0n) is 24.1. The second-order valence-electron chi connectivity index (χ2n) is 13.4. The third kappa shape index (κ3) is 5.57. The standard InChI is InChI=1S/2C16H19Cl2N3/c2*1-21-13-2-3-14(21)8-16(7-13)9-19-15(20-16)10-4-11(17)6-12(18)5-10/h2*4-6,13-14H,2-3,7-9H2,1H3,(H,19,20)/t2*13-,14+,16?. The molecule has 6 nitrogen and oxygen atoms in total. The number of aliphatic imine (C=N–C) groups is 2. The molecule has 8 rings (SSSR count). The van der Waals surface area contributed by atoms with Crippen LogP contribution in [0.25, 0.3) is 0 Å². The van der Waals surface area contributed by atoms with Crippen molar-refractivity contribution >= 4 is 58.1 Å². The van der Waals surface area contributed by atoms with E-state index in [1.165, 1.54) is 51.4 Å². The largest absolute Gasteiger partial charge is 0.362 e. The Balaban J connectivity index is 0.000000137. The van der Waals surface area contributed by atoms with E-state index in [2.05, 4.69) is 34.5 Å². The van der Waals surface area contributed by atoms with Gasteiger partial charge in [-0.2, -0.15) is 0 Å². The maximum absolute atomic E-state index is 6.11. The monoisotopic (exact) mass is 646 g/mol. The summed E-state index contributed by atoms with van der Waals surface area (Å²) in [5.41, 5.74) is 2.27. The van der Waals surface area contributed by atoms with Gasteiger partial charge in [0.15, 0.2) is 0 Å². The van der Waals surface area contributed by atoms with Crippen LogP contribution in [0.4, 0.5) is 0 Å². The van der Waals surface area contributed by atoms with Crippen LogP contribution in [0, 0.1) is 0 Å². The average Bonchev–Trinajstić information content (AvgIpc) is 3.62. The Hall–Kier alpha value is -1.54. The molecule has 0 radical (unpaired) electrons. The van der Waals surface area contributed by atoms with E-state index in [0.29, 0.717) is 44.3 Å². The van der Waals surface area contributed by atoms with Crippen LogP contribution < -0.4 is 10.6 Å². The second-order valence-corrected chi connectivity index (χ2v) is 15.1. The molecule has 2 aromatic carbocycles. The number of nitrogens with one attached hydrogen (secondary N) is 2. The van der Waals surface area contributed by atoms with Crippen molar-refractivity contribution in [3.05, 3.63) is 67.6 Å². The van der Waals surface area contributed by atoms with Crippen molar-refractivity contribution in [2.24, 2.45) is 9.98 Å². The number of hydrogen-bond acceptors (Lipinski definition) is 6. The fourth-order valence-electron chi connectivity index (χ4n) is 8.43. The van der Waals surface area contributed by atoms with E-state index >= 15 is 0 Å². The van der Waals surface area contributed by atoms with Crippen molar-refractivity contribution in [1.29, 1.82) is 0 Å². The van der Waals surface area contributed by atoms with Crippen molar-refractivity contribution in [2.75, 3.05) is 27.2 Å². The summed E-state index contributed by atoms with van der Waals surface area (Å²) in [7, 11) is 4.53. The van der Waals surface area contributed by atoms with Crippen molar-refractivity contribution in [1.82, 2.24) is 20.4 Å². The van der Waals surface area contributed by atoms with Gasteiger partial charge in [0, 0.05) is 55.4 Å². The Morgan fingerprint density at radius 2 is 0.881 bits per heavy atom. The maximum Gasteiger partial charge on any atom is 0.128 e. The van der Waals surface area contributed by atoms with E-state index in [0.717, 1.165) is 35.9 Å². The summed E-state index contributed by atoms with van der Waals surface area (Å²) in [6.07, 6.45) is 10.0. The molecular formula is C32H38Cl4N6. The highest BCUT2D eigenvalue weighted by molar-refractivity contribution is 6.35. The molecular weight excluding hydrogens is 610 g/mol. The first-order valence-electron chi connectivity index (χ1n) is 15.1. The van der Waals surface area contributed by atoms with Crippen LogP contribution in [0.5, 0.6) is 0 Å². The third-order valence-electron chi connectivity index (χ3n) is 10.6. The van der Waals surface area contributed by atoms with Crippen molar-refractivity contribution in [2.45, 2.75) is 86.6 Å². The minimum Gasteiger partial charge on any atom is -0.362 e. The van der Waals surface area contributed by atoms with Crippen LogP contribution in [0.15, 0.2) is 46.4 Å². The van der Waals surface area contributed by atoms with Gasteiger partial charge in [-0.05, 0) is 102 Å². The number of hydrogen-bond donors (Lipinski definition) is 2. The topological polar surface area (TPSA) is 55.3 Å². The Morgan fingerprint density at radius 3 is 1.19 bits per heavy atom. The SMILES string of the molecule is CN1[C@@H]2CC[C@H]1CC1(CN=C(c3cc(Cl)cc(Cl)c3)N1)C2.CN1[C@@H]2CC[C@H]1CC1(CN=C(c3cc(Cl)cc(Cl)c3)N1)C2. The van der Waals surface area contributed by atoms with Gasteiger partial charge >= 0.3 is 0 Å². The second kappa shape index (κ2) is 11.1. The van der Waals surface area contributed by atoms with Gasteiger partial charge in [0.25, 0.3) is 0 Å². The van der Waals surface area contributed by atoms with Gasteiger partial charge in [-0.25, -0.2) is 0 Å². The molecule has 6 heterocycles. The predicted molar refractivity (Wildman–Crippen MR) is 175 cm³/mol. The van der Waals surface area contributed by atoms with E-state index in [9.17, 15) is 0 Å². The third-order valence-corrected chi connectivity index (χ3v) is 11.5. The lowest BCUT2D eigenvalue weighted by atomic mass is 9.83. The summed E-state index contributed by atoms with van der Waals surface area (Å²) < 4.78 is 0. The van der Waals surface area contributed by atoms with E-state index in [1.54, 1.807) is 12.1 Å². The maximum atomic E-state index is 6.11. The first-order chi connectivity index (χ1) is 20.1. The van der Waals surface area contributed by atoms with Crippen LogP contribution >= 0.6 is 46.4 Å². The normalized spacial score (nSPS) is 35.1. The van der Waals surface area contributed by atoms with Crippen molar-refractivity contribution in [3.63, 3.8) is 0 Å². The summed E-state index contributed by atoms with van der Waals surface area (Å²) >= 11 is 24.4. The van der Waals surface area contributed by atoms with Crippen LogP contribution in [0.2, 0.25) is 20.1 Å². The van der Waals surface area contributed by atoms with Crippen LogP contribution in [0.1, 0.15) is 62.5 Å². The Morgan fingerprint density at radius 1 is 0.571 bits per heavy atom. The molecule has 2 spiro atoms. The van der Waals surface area contributed by atoms with Crippen LogP contribution in [0.3, 0.4) is 0 Å². The molecule has 4 saturated heterocycles. The number of piperidine rings is 2. The number of nitrogens with zero attached hydrogens (tertiary/aromatic N) is 4. The molecule has 4 fully saturated rings. The van der Waals surface area contributed by atoms with E-state index in [1.807, 2.05) is 24.3 Å². The predicted octanol–water partition coefficient (Wildman–Crippen LogP) is 6.68. The fraction of sp³-hybridized carbons (Fsp3) is 0.562. The lowest BCUT2D eigenvalue weighted by molar-refractivity contribution is 0.111. The molecule has 42 heavy (non-hydrogen) atoms. The van der Waals surface area contributed by atoms with E-state index < -0.39 is 0 Å². The zero-order chi connectivity index (χ0) is 29.2. The Bertz CT molecular complexity index is 1270. The molecule has 2 aromatic rings. The number of amidine groups is 2. The summed E-state index contributed by atoms with van der Waals surface area (Å²) in [5.74, 6) is 1.90. The first kappa shape index (κ1) is 29.2. The Kier molecular flexibility index (Phi) is 7.73. The number of rotatable bonds is 2. The van der Waals surface area contributed by atoms with Gasteiger partial charge in [0.05, 0.1) is 24.2 Å². The number of fused-ring (bicyclic) bond motifs is 4. The molecule has 224 valence electrons. The molecule has 0 aromatic heterocycles. The van der Waals surface area contributed by atoms with Gasteiger partial charge < -0.3 is 20.4 Å². The summed E-state index contributed by atoms with van der Waals surface area (Å²) in [6, 6.07) is 14.1. The highest BCUT2D eigenvalue weighted by Crippen LogP contribution is 2.43. The molecule has 0 aliphatic carbocycles. The smallest absolute Gasteiger partial charge is 0.128 e. The van der Waals surface area contributed by atoms with Gasteiger partial charge in [-0.3, -0.25) is 9.98 Å². The van der Waals surface area contributed by atoms with Gasteiger partial charge in [0.1, 0.15) is 11.7 Å².